The Labute approximate surface area is 107 Å². The standard InChI is InChI=1S/C13H19FN2O2/c1-9(2)18-8-7-16(3)13(17)10-5-4-6-11(14)12(10)15/h4-6,9H,7-8,15H2,1-3H3. The molecule has 1 amide bonds. The van der Waals surface area contributed by atoms with Gasteiger partial charge >= 0.3 is 0 Å². The Morgan fingerprint density at radius 1 is 1.50 bits per heavy atom. The molecule has 0 bridgehead atoms. The van der Waals surface area contributed by atoms with Crippen LogP contribution in [0.2, 0.25) is 0 Å². The molecule has 5 heteroatoms. The van der Waals surface area contributed by atoms with Crippen molar-refractivity contribution < 1.29 is 13.9 Å². The number of anilines is 1. The number of amides is 1. The van der Waals surface area contributed by atoms with E-state index in [9.17, 15) is 9.18 Å². The van der Waals surface area contributed by atoms with Gasteiger partial charge in [-0.2, -0.15) is 0 Å². The van der Waals surface area contributed by atoms with Gasteiger partial charge in [0.05, 0.1) is 24.0 Å². The fourth-order valence-electron chi connectivity index (χ4n) is 1.46. The van der Waals surface area contributed by atoms with Crippen molar-refractivity contribution in [2.24, 2.45) is 0 Å². The second-order valence-corrected chi connectivity index (χ2v) is 4.35. The maximum atomic E-state index is 13.2. The van der Waals surface area contributed by atoms with Crippen LogP contribution in [0.25, 0.3) is 0 Å². The van der Waals surface area contributed by atoms with Gasteiger partial charge in [0.25, 0.3) is 5.91 Å². The number of ether oxygens (including phenoxy) is 1. The van der Waals surface area contributed by atoms with Crippen molar-refractivity contribution in [1.29, 1.82) is 0 Å². The molecule has 1 rings (SSSR count). The van der Waals surface area contributed by atoms with Crippen molar-refractivity contribution >= 4 is 11.6 Å². The lowest BCUT2D eigenvalue weighted by molar-refractivity contribution is 0.0532. The minimum absolute atomic E-state index is 0.112. The van der Waals surface area contributed by atoms with Gasteiger partial charge in [-0.3, -0.25) is 4.79 Å². The maximum Gasteiger partial charge on any atom is 0.255 e. The maximum absolute atomic E-state index is 13.2. The number of carbonyl (C=O) groups excluding carboxylic acids is 1. The smallest absolute Gasteiger partial charge is 0.255 e. The summed E-state index contributed by atoms with van der Waals surface area (Å²) in [5.74, 6) is -0.882. The quantitative estimate of drug-likeness (QED) is 0.816. The van der Waals surface area contributed by atoms with E-state index in [-0.39, 0.29) is 23.3 Å². The molecule has 2 N–H and O–H groups in total. The molecule has 0 unspecified atom stereocenters. The highest BCUT2D eigenvalue weighted by Crippen LogP contribution is 2.17. The largest absolute Gasteiger partial charge is 0.396 e. The van der Waals surface area contributed by atoms with E-state index in [4.69, 9.17) is 10.5 Å². The van der Waals surface area contributed by atoms with Crippen molar-refractivity contribution in [3.05, 3.63) is 29.6 Å². The Kier molecular flexibility index (Phi) is 5.09. The SMILES string of the molecule is CC(C)OCCN(C)C(=O)c1cccc(F)c1N. The zero-order valence-corrected chi connectivity index (χ0v) is 10.9. The molecule has 0 aliphatic rings. The Balaban J connectivity index is 2.66. The Morgan fingerprint density at radius 2 is 2.17 bits per heavy atom. The lowest BCUT2D eigenvalue weighted by atomic mass is 10.1. The number of hydrogen-bond acceptors (Lipinski definition) is 3. The Hall–Kier alpha value is -1.62. The van der Waals surface area contributed by atoms with Crippen LogP contribution in [0.4, 0.5) is 10.1 Å². The van der Waals surface area contributed by atoms with Crippen LogP contribution in [0.15, 0.2) is 18.2 Å². The molecule has 18 heavy (non-hydrogen) atoms. The van der Waals surface area contributed by atoms with E-state index in [1.165, 1.54) is 23.1 Å². The molecule has 1 aromatic carbocycles. The van der Waals surface area contributed by atoms with Crippen LogP contribution in [0.3, 0.4) is 0 Å². The molecule has 0 aliphatic heterocycles. The number of nitrogens with two attached hydrogens (primary N) is 1. The first-order chi connectivity index (χ1) is 8.43. The summed E-state index contributed by atoms with van der Waals surface area (Å²) in [4.78, 5) is 13.5. The van der Waals surface area contributed by atoms with Gasteiger partial charge in [-0.15, -0.1) is 0 Å². The van der Waals surface area contributed by atoms with Crippen molar-refractivity contribution in [1.82, 2.24) is 4.90 Å². The Bertz CT molecular complexity index is 421. The van der Waals surface area contributed by atoms with E-state index < -0.39 is 5.82 Å². The number of rotatable bonds is 5. The Morgan fingerprint density at radius 3 is 2.78 bits per heavy atom. The van der Waals surface area contributed by atoms with Gasteiger partial charge in [0.1, 0.15) is 5.82 Å². The number of carbonyl (C=O) groups is 1. The van der Waals surface area contributed by atoms with E-state index in [1.54, 1.807) is 7.05 Å². The zero-order chi connectivity index (χ0) is 13.7. The first kappa shape index (κ1) is 14.4. The highest BCUT2D eigenvalue weighted by molar-refractivity contribution is 5.99. The van der Waals surface area contributed by atoms with Crippen LogP contribution < -0.4 is 5.73 Å². The predicted octanol–water partition coefficient (Wildman–Crippen LogP) is 1.90. The van der Waals surface area contributed by atoms with Crippen LogP contribution in [-0.2, 0) is 4.74 Å². The number of para-hydroxylation sites is 1. The van der Waals surface area contributed by atoms with Crippen molar-refractivity contribution in [2.75, 3.05) is 25.9 Å². The molecule has 0 saturated carbocycles. The predicted molar refractivity (Wildman–Crippen MR) is 68.9 cm³/mol. The highest BCUT2D eigenvalue weighted by Gasteiger charge is 2.16. The van der Waals surface area contributed by atoms with Crippen LogP contribution in [-0.4, -0.2) is 37.1 Å². The fraction of sp³-hybridized carbons (Fsp3) is 0.462. The van der Waals surface area contributed by atoms with E-state index in [2.05, 4.69) is 0 Å². The van der Waals surface area contributed by atoms with E-state index in [0.29, 0.717) is 13.2 Å². The molecule has 4 nitrogen and oxygen atoms in total. The molecule has 0 fully saturated rings. The number of benzene rings is 1. The van der Waals surface area contributed by atoms with Crippen LogP contribution in [0.5, 0.6) is 0 Å². The van der Waals surface area contributed by atoms with E-state index in [1.807, 2.05) is 13.8 Å². The molecule has 0 aromatic heterocycles. The molecule has 0 atom stereocenters. The van der Waals surface area contributed by atoms with E-state index in [0.717, 1.165) is 0 Å². The van der Waals surface area contributed by atoms with Crippen molar-refractivity contribution in [3.63, 3.8) is 0 Å². The molecule has 0 aliphatic carbocycles. The minimum atomic E-state index is -0.576. The molecule has 0 spiro atoms. The third kappa shape index (κ3) is 3.70. The first-order valence-corrected chi connectivity index (χ1v) is 5.84. The number of halogens is 1. The summed E-state index contributed by atoms with van der Waals surface area (Å²) < 4.78 is 18.6. The molecule has 0 radical (unpaired) electrons. The summed E-state index contributed by atoms with van der Waals surface area (Å²) in [7, 11) is 1.64. The van der Waals surface area contributed by atoms with Gasteiger partial charge in [0.15, 0.2) is 0 Å². The fourth-order valence-corrected chi connectivity index (χ4v) is 1.46. The number of hydrogen-bond donors (Lipinski definition) is 1. The normalized spacial score (nSPS) is 10.7. The average Bonchev–Trinajstić information content (AvgIpc) is 2.31. The highest BCUT2D eigenvalue weighted by atomic mass is 19.1. The van der Waals surface area contributed by atoms with Gasteiger partial charge in [-0.1, -0.05) is 6.07 Å². The first-order valence-electron chi connectivity index (χ1n) is 5.84. The minimum Gasteiger partial charge on any atom is -0.396 e. The third-order valence-corrected chi connectivity index (χ3v) is 2.51. The lowest BCUT2D eigenvalue weighted by Crippen LogP contribution is -2.31. The second kappa shape index (κ2) is 6.35. The summed E-state index contributed by atoms with van der Waals surface area (Å²) in [6, 6.07) is 4.21. The summed E-state index contributed by atoms with van der Waals surface area (Å²) >= 11 is 0. The molecule has 100 valence electrons. The molecule has 0 heterocycles. The summed E-state index contributed by atoms with van der Waals surface area (Å²) in [6.45, 7) is 4.72. The van der Waals surface area contributed by atoms with Gasteiger partial charge in [-0.05, 0) is 26.0 Å². The van der Waals surface area contributed by atoms with Crippen molar-refractivity contribution in [3.8, 4) is 0 Å². The summed E-state index contributed by atoms with van der Waals surface area (Å²) in [6.07, 6.45) is 0.118. The van der Waals surface area contributed by atoms with Crippen LogP contribution in [0.1, 0.15) is 24.2 Å². The topological polar surface area (TPSA) is 55.6 Å². The lowest BCUT2D eigenvalue weighted by Gasteiger charge is -2.19. The van der Waals surface area contributed by atoms with Crippen LogP contribution >= 0.6 is 0 Å². The monoisotopic (exact) mass is 254 g/mol. The molecular weight excluding hydrogens is 235 g/mol. The number of likely N-dealkylation sites (N-methyl/N-ethyl adjacent to an activating group) is 1. The van der Waals surface area contributed by atoms with Gasteiger partial charge in [0, 0.05) is 13.6 Å². The molecule has 0 saturated heterocycles. The zero-order valence-electron chi connectivity index (χ0n) is 10.9. The average molecular weight is 254 g/mol. The second-order valence-electron chi connectivity index (χ2n) is 4.35. The van der Waals surface area contributed by atoms with Crippen LogP contribution in [0, 0.1) is 5.82 Å². The number of nitrogens with zero attached hydrogens (tertiary/aromatic N) is 1. The number of nitrogen functional groups attached to an aromatic ring is 1. The summed E-state index contributed by atoms with van der Waals surface area (Å²) in [5.41, 5.74) is 5.61. The van der Waals surface area contributed by atoms with E-state index >= 15 is 0 Å². The van der Waals surface area contributed by atoms with Gasteiger partial charge in [0.2, 0.25) is 0 Å². The van der Waals surface area contributed by atoms with Gasteiger partial charge < -0.3 is 15.4 Å². The van der Waals surface area contributed by atoms with Crippen molar-refractivity contribution in [2.45, 2.75) is 20.0 Å². The molecule has 1 aromatic rings. The van der Waals surface area contributed by atoms with Gasteiger partial charge in [-0.25, -0.2) is 4.39 Å². The summed E-state index contributed by atoms with van der Waals surface area (Å²) in [5, 5.41) is 0. The molecular formula is C13H19FN2O2. The third-order valence-electron chi connectivity index (χ3n) is 2.51.